The van der Waals surface area contributed by atoms with Gasteiger partial charge in [-0.05, 0) is 62.0 Å². The third kappa shape index (κ3) is 7.06. The zero-order chi connectivity index (χ0) is 23.7. The van der Waals surface area contributed by atoms with Gasteiger partial charge in [0.2, 0.25) is 0 Å². The normalized spacial score (nSPS) is 11.2. The molecule has 8 heteroatoms. The highest BCUT2D eigenvalue weighted by Crippen LogP contribution is 2.26. The van der Waals surface area contributed by atoms with Crippen LogP contribution in [0.5, 0.6) is 5.75 Å². The van der Waals surface area contributed by atoms with Crippen molar-refractivity contribution in [2.45, 2.75) is 17.9 Å². The molecule has 7 nitrogen and oxygen atoms in total. The van der Waals surface area contributed by atoms with E-state index in [1.807, 2.05) is 25.2 Å². The van der Waals surface area contributed by atoms with E-state index in [1.165, 1.54) is 36.9 Å². The largest absolute Gasteiger partial charge is 0.495 e. The third-order valence-electron chi connectivity index (χ3n) is 5.08. The fraction of sp³-hybridized carbons (Fsp3) is 0.240. The molecule has 0 saturated carbocycles. The van der Waals surface area contributed by atoms with Crippen molar-refractivity contribution in [1.29, 1.82) is 0 Å². The van der Waals surface area contributed by atoms with Gasteiger partial charge in [-0.1, -0.05) is 42.5 Å². The summed E-state index contributed by atoms with van der Waals surface area (Å²) in [5.74, 6) is 0.189. The van der Waals surface area contributed by atoms with Crippen molar-refractivity contribution in [3.63, 3.8) is 0 Å². The van der Waals surface area contributed by atoms with E-state index < -0.39 is 10.0 Å². The van der Waals surface area contributed by atoms with Crippen LogP contribution in [0.3, 0.4) is 0 Å². The number of ether oxygens (including phenoxy) is 1. The van der Waals surface area contributed by atoms with Crippen LogP contribution in [-0.4, -0.2) is 46.5 Å². The smallest absolute Gasteiger partial charge is 0.262 e. The molecule has 0 aliphatic rings. The number of amides is 1. The number of methoxy groups -OCH3 is 1. The predicted octanol–water partition coefficient (Wildman–Crippen LogP) is 3.75. The number of rotatable bonds is 11. The lowest BCUT2D eigenvalue weighted by Crippen LogP contribution is -2.28. The molecule has 0 bridgehead atoms. The highest BCUT2D eigenvalue weighted by atomic mass is 32.2. The Bertz CT molecular complexity index is 1150. The standard InChI is InChI=1S/C25H29N3O4S/c1-28(19-20-9-4-3-5-10-20)18-8-17-26-25(29)21-13-15-22(16-14-21)33(30,31)27-23-11-6-7-12-24(23)32-2/h3-7,9-16,27H,8,17-19H2,1-2H3,(H,26,29). The molecule has 0 aromatic heterocycles. The minimum absolute atomic E-state index is 0.0625. The van der Waals surface area contributed by atoms with Gasteiger partial charge in [0.15, 0.2) is 0 Å². The van der Waals surface area contributed by atoms with E-state index in [9.17, 15) is 13.2 Å². The average molecular weight is 468 g/mol. The molecule has 0 spiro atoms. The number of benzene rings is 3. The van der Waals surface area contributed by atoms with Gasteiger partial charge in [-0.15, -0.1) is 0 Å². The fourth-order valence-corrected chi connectivity index (χ4v) is 4.42. The molecule has 3 rings (SSSR count). The molecule has 2 N–H and O–H groups in total. The molecule has 1 amide bonds. The molecule has 0 heterocycles. The number of hydrogen-bond donors (Lipinski definition) is 2. The number of nitrogens with zero attached hydrogens (tertiary/aromatic N) is 1. The van der Waals surface area contributed by atoms with E-state index >= 15 is 0 Å². The van der Waals surface area contributed by atoms with Crippen molar-refractivity contribution in [1.82, 2.24) is 10.2 Å². The van der Waals surface area contributed by atoms with Crippen LogP contribution in [0.15, 0.2) is 83.8 Å². The van der Waals surface area contributed by atoms with Crippen molar-refractivity contribution in [3.8, 4) is 5.75 Å². The SMILES string of the molecule is COc1ccccc1NS(=O)(=O)c1ccc(C(=O)NCCCN(C)Cc2ccccc2)cc1. The first-order valence-electron chi connectivity index (χ1n) is 10.7. The van der Waals surface area contributed by atoms with Gasteiger partial charge in [0.1, 0.15) is 5.75 Å². The first kappa shape index (κ1) is 24.3. The van der Waals surface area contributed by atoms with Crippen LogP contribution in [0.2, 0.25) is 0 Å². The zero-order valence-corrected chi connectivity index (χ0v) is 19.6. The lowest BCUT2D eigenvalue weighted by molar-refractivity contribution is 0.0951. The molecular formula is C25H29N3O4S. The Morgan fingerprint density at radius 1 is 0.939 bits per heavy atom. The Balaban J connectivity index is 1.49. The molecule has 0 atom stereocenters. The number of nitrogens with one attached hydrogen (secondary N) is 2. The Kier molecular flexibility index (Phi) is 8.46. The summed E-state index contributed by atoms with van der Waals surface area (Å²) in [5, 5.41) is 2.88. The number of sulfonamides is 1. The van der Waals surface area contributed by atoms with Gasteiger partial charge in [0.25, 0.3) is 15.9 Å². The maximum atomic E-state index is 12.7. The Morgan fingerprint density at radius 2 is 1.61 bits per heavy atom. The van der Waals surface area contributed by atoms with Gasteiger partial charge in [0.05, 0.1) is 17.7 Å². The van der Waals surface area contributed by atoms with E-state index in [-0.39, 0.29) is 10.8 Å². The quantitative estimate of drug-likeness (QED) is 0.420. The maximum Gasteiger partial charge on any atom is 0.262 e. The molecular weight excluding hydrogens is 438 g/mol. The van der Waals surface area contributed by atoms with Crippen molar-refractivity contribution < 1.29 is 17.9 Å². The molecule has 0 radical (unpaired) electrons. The molecule has 174 valence electrons. The summed E-state index contributed by atoms with van der Waals surface area (Å²) in [5.41, 5.74) is 2.00. The van der Waals surface area contributed by atoms with Gasteiger partial charge in [-0.25, -0.2) is 8.42 Å². The van der Waals surface area contributed by atoms with Crippen LogP contribution in [0.1, 0.15) is 22.3 Å². The van der Waals surface area contributed by atoms with E-state index in [0.717, 1.165) is 19.5 Å². The second-order valence-corrected chi connectivity index (χ2v) is 9.35. The summed E-state index contributed by atoms with van der Waals surface area (Å²) in [4.78, 5) is 14.7. The lowest BCUT2D eigenvalue weighted by Gasteiger charge is -2.16. The van der Waals surface area contributed by atoms with Crippen molar-refractivity contribution in [2.75, 3.05) is 32.0 Å². The minimum atomic E-state index is -3.81. The van der Waals surface area contributed by atoms with Crippen LogP contribution < -0.4 is 14.8 Å². The van der Waals surface area contributed by atoms with E-state index in [0.29, 0.717) is 23.5 Å². The van der Waals surface area contributed by atoms with Gasteiger partial charge >= 0.3 is 0 Å². The van der Waals surface area contributed by atoms with Gasteiger partial charge in [0, 0.05) is 18.7 Å². The Labute approximate surface area is 195 Å². The number of para-hydroxylation sites is 2. The lowest BCUT2D eigenvalue weighted by atomic mass is 10.2. The van der Waals surface area contributed by atoms with E-state index in [1.54, 1.807) is 24.3 Å². The molecule has 0 unspecified atom stereocenters. The van der Waals surface area contributed by atoms with E-state index in [2.05, 4.69) is 27.1 Å². The molecule has 0 aliphatic heterocycles. The second kappa shape index (κ2) is 11.5. The van der Waals surface area contributed by atoms with Crippen LogP contribution in [0.4, 0.5) is 5.69 Å². The third-order valence-corrected chi connectivity index (χ3v) is 6.46. The van der Waals surface area contributed by atoms with Crippen LogP contribution in [0.25, 0.3) is 0 Å². The topological polar surface area (TPSA) is 87.7 Å². The van der Waals surface area contributed by atoms with Crippen molar-refractivity contribution in [3.05, 3.63) is 90.0 Å². The fourth-order valence-electron chi connectivity index (χ4n) is 3.35. The summed E-state index contributed by atoms with van der Waals surface area (Å²) in [6.07, 6.45) is 0.810. The summed E-state index contributed by atoms with van der Waals surface area (Å²) >= 11 is 0. The Morgan fingerprint density at radius 3 is 2.30 bits per heavy atom. The number of anilines is 1. The van der Waals surface area contributed by atoms with Gasteiger partial charge < -0.3 is 15.0 Å². The number of hydrogen-bond acceptors (Lipinski definition) is 5. The monoisotopic (exact) mass is 467 g/mol. The van der Waals surface area contributed by atoms with Crippen LogP contribution >= 0.6 is 0 Å². The molecule has 3 aromatic carbocycles. The Hall–Kier alpha value is -3.36. The summed E-state index contributed by atoms with van der Waals surface area (Å²) in [6.45, 7) is 2.24. The van der Waals surface area contributed by atoms with Gasteiger partial charge in [-0.2, -0.15) is 0 Å². The molecule has 33 heavy (non-hydrogen) atoms. The predicted molar refractivity (Wildman–Crippen MR) is 130 cm³/mol. The van der Waals surface area contributed by atoms with E-state index in [4.69, 9.17) is 4.74 Å². The summed E-state index contributed by atoms with van der Waals surface area (Å²) < 4.78 is 33.1. The van der Waals surface area contributed by atoms with Crippen molar-refractivity contribution >= 4 is 21.6 Å². The molecule has 0 aliphatic carbocycles. The zero-order valence-electron chi connectivity index (χ0n) is 18.8. The average Bonchev–Trinajstić information content (AvgIpc) is 2.82. The first-order valence-corrected chi connectivity index (χ1v) is 12.1. The second-order valence-electron chi connectivity index (χ2n) is 7.66. The minimum Gasteiger partial charge on any atom is -0.495 e. The molecule has 0 fully saturated rings. The highest BCUT2D eigenvalue weighted by molar-refractivity contribution is 7.92. The highest BCUT2D eigenvalue weighted by Gasteiger charge is 2.17. The number of carbonyl (C=O) groups is 1. The molecule has 3 aromatic rings. The van der Waals surface area contributed by atoms with Crippen molar-refractivity contribution in [2.24, 2.45) is 0 Å². The van der Waals surface area contributed by atoms with Crippen LogP contribution in [-0.2, 0) is 16.6 Å². The first-order chi connectivity index (χ1) is 15.9. The van der Waals surface area contributed by atoms with Crippen LogP contribution in [0, 0.1) is 0 Å². The summed E-state index contributed by atoms with van der Waals surface area (Å²) in [7, 11) is -0.289. The maximum absolute atomic E-state index is 12.7. The van der Waals surface area contributed by atoms with Gasteiger partial charge in [-0.3, -0.25) is 9.52 Å². The summed E-state index contributed by atoms with van der Waals surface area (Å²) in [6, 6.07) is 22.8. The molecule has 0 saturated heterocycles. The number of carbonyl (C=O) groups excluding carboxylic acids is 1.